The zero-order chi connectivity index (χ0) is 14.8. The first-order valence-corrected chi connectivity index (χ1v) is 7.43. The van der Waals surface area contributed by atoms with E-state index >= 15 is 0 Å². The Kier molecular flexibility index (Phi) is 4.26. The summed E-state index contributed by atoms with van der Waals surface area (Å²) in [6.45, 7) is 8.47. The van der Waals surface area contributed by atoms with Gasteiger partial charge in [0.2, 0.25) is 5.71 Å². The molecule has 0 radical (unpaired) electrons. The van der Waals surface area contributed by atoms with Crippen LogP contribution in [0.2, 0.25) is 0 Å². The number of nitrogens with zero attached hydrogens (tertiary/aromatic N) is 1. The lowest BCUT2D eigenvalue weighted by atomic mass is 9.82. The van der Waals surface area contributed by atoms with Gasteiger partial charge < -0.3 is 0 Å². The minimum atomic E-state index is -0.148. The Hall–Kier alpha value is -1.64. The van der Waals surface area contributed by atoms with Gasteiger partial charge >= 0.3 is 5.97 Å². The number of carbonyl (C=O) groups is 1. The molecule has 0 fully saturated rings. The maximum Gasteiger partial charge on any atom is 0.380 e. The molecule has 1 heterocycles. The Morgan fingerprint density at radius 1 is 1.25 bits per heavy atom. The smallest absolute Gasteiger partial charge is 0.245 e. The van der Waals surface area contributed by atoms with Crippen LogP contribution in [0.3, 0.4) is 0 Å². The maximum atomic E-state index is 12.0. The highest BCUT2D eigenvalue weighted by atomic mass is 16.7. The summed E-state index contributed by atoms with van der Waals surface area (Å²) in [6.07, 6.45) is 3.56. The SMILES string of the molecule is CCCCCC(=O)O[N+]1=C(C)C(C)(C)c2ccccc21. The maximum absolute atomic E-state index is 12.0. The number of carbonyl (C=O) groups excluding carboxylic acids is 1. The van der Waals surface area contributed by atoms with Gasteiger partial charge in [-0.2, -0.15) is 4.84 Å². The molecule has 1 aliphatic rings. The third-order valence-corrected chi connectivity index (χ3v) is 4.18. The van der Waals surface area contributed by atoms with Crippen LogP contribution in [0.5, 0.6) is 0 Å². The van der Waals surface area contributed by atoms with Gasteiger partial charge in [-0.1, -0.05) is 38.0 Å². The van der Waals surface area contributed by atoms with Crippen LogP contribution in [0.1, 0.15) is 58.9 Å². The van der Waals surface area contributed by atoms with Gasteiger partial charge in [0.1, 0.15) is 0 Å². The Balaban J connectivity index is 2.19. The van der Waals surface area contributed by atoms with E-state index in [4.69, 9.17) is 4.84 Å². The normalized spacial score (nSPS) is 16.2. The van der Waals surface area contributed by atoms with Crippen LogP contribution in [-0.4, -0.2) is 16.4 Å². The molecule has 0 aromatic heterocycles. The molecule has 0 unspecified atom stereocenters. The van der Waals surface area contributed by atoms with Gasteiger partial charge in [-0.15, -0.1) is 0 Å². The molecule has 0 atom stereocenters. The largest absolute Gasteiger partial charge is 0.380 e. The number of unbranched alkanes of at least 4 members (excludes halogenated alkanes) is 2. The highest BCUT2D eigenvalue weighted by Crippen LogP contribution is 2.39. The van der Waals surface area contributed by atoms with E-state index in [1.165, 1.54) is 5.56 Å². The summed E-state index contributed by atoms with van der Waals surface area (Å²) in [5.74, 6) is -0.148. The first-order chi connectivity index (χ1) is 9.48. The first-order valence-electron chi connectivity index (χ1n) is 7.43. The van der Waals surface area contributed by atoms with Crippen LogP contribution >= 0.6 is 0 Å². The molecule has 0 bridgehead atoms. The van der Waals surface area contributed by atoms with Crippen molar-refractivity contribution in [3.63, 3.8) is 0 Å². The van der Waals surface area contributed by atoms with Crippen molar-refractivity contribution in [2.24, 2.45) is 0 Å². The molecule has 2 rings (SSSR count). The molecule has 0 saturated carbocycles. The average Bonchev–Trinajstić information content (AvgIpc) is 2.61. The zero-order valence-corrected chi connectivity index (χ0v) is 12.9. The first kappa shape index (κ1) is 14.8. The van der Waals surface area contributed by atoms with Crippen molar-refractivity contribution in [2.45, 2.75) is 58.8 Å². The van der Waals surface area contributed by atoms with Crippen LogP contribution in [0.15, 0.2) is 24.3 Å². The van der Waals surface area contributed by atoms with E-state index in [1.54, 1.807) is 4.74 Å². The summed E-state index contributed by atoms with van der Waals surface area (Å²) in [6, 6.07) is 8.11. The van der Waals surface area contributed by atoms with E-state index < -0.39 is 0 Å². The van der Waals surface area contributed by atoms with Crippen molar-refractivity contribution in [2.75, 3.05) is 0 Å². The van der Waals surface area contributed by atoms with Gasteiger partial charge in [0, 0.05) is 23.3 Å². The molecule has 1 aromatic rings. The lowest BCUT2D eigenvalue weighted by Gasteiger charge is -2.13. The Morgan fingerprint density at radius 2 is 1.95 bits per heavy atom. The summed E-state index contributed by atoms with van der Waals surface area (Å²) in [5, 5.41) is 0. The second kappa shape index (κ2) is 5.78. The Labute approximate surface area is 121 Å². The monoisotopic (exact) mass is 274 g/mol. The summed E-state index contributed by atoms with van der Waals surface area (Å²) in [5.41, 5.74) is 3.15. The van der Waals surface area contributed by atoms with Gasteiger partial charge in [0.25, 0.3) is 5.69 Å². The van der Waals surface area contributed by atoms with Crippen molar-refractivity contribution < 1.29 is 14.4 Å². The summed E-state index contributed by atoms with van der Waals surface area (Å²) in [7, 11) is 0. The standard InChI is InChI=1S/C17H24NO2/c1-5-6-7-12-16(19)20-18-13(2)17(3,4)14-10-8-9-11-15(14)18/h8-11H,5-7,12H2,1-4H3/q+1. The predicted molar refractivity (Wildman–Crippen MR) is 80.3 cm³/mol. The minimum Gasteiger partial charge on any atom is -0.245 e. The molecule has 3 nitrogen and oxygen atoms in total. The van der Waals surface area contributed by atoms with E-state index in [9.17, 15) is 4.79 Å². The molecule has 20 heavy (non-hydrogen) atoms. The fourth-order valence-corrected chi connectivity index (χ4v) is 2.59. The molecule has 0 spiro atoms. The number of fused-ring (bicyclic) bond motifs is 1. The topological polar surface area (TPSA) is 29.3 Å². The molecule has 1 aromatic carbocycles. The zero-order valence-electron chi connectivity index (χ0n) is 12.9. The van der Waals surface area contributed by atoms with Gasteiger partial charge in [-0.3, -0.25) is 0 Å². The summed E-state index contributed by atoms with van der Waals surface area (Å²) < 4.78 is 1.71. The van der Waals surface area contributed by atoms with Crippen LogP contribution in [0.4, 0.5) is 5.69 Å². The van der Waals surface area contributed by atoms with Crippen LogP contribution < -0.4 is 0 Å². The van der Waals surface area contributed by atoms with E-state index in [0.29, 0.717) is 6.42 Å². The highest BCUT2D eigenvalue weighted by Gasteiger charge is 2.45. The molecule has 0 amide bonds. The molecular weight excluding hydrogens is 250 g/mol. The second-order valence-electron chi connectivity index (χ2n) is 5.94. The fraction of sp³-hybridized carbons (Fsp3) is 0.529. The number of benzene rings is 1. The molecule has 0 aliphatic carbocycles. The van der Waals surface area contributed by atoms with E-state index in [1.807, 2.05) is 25.1 Å². The average molecular weight is 274 g/mol. The van der Waals surface area contributed by atoms with Crippen molar-refractivity contribution in [3.8, 4) is 0 Å². The van der Waals surface area contributed by atoms with Crippen molar-refractivity contribution in [1.82, 2.24) is 0 Å². The fourth-order valence-electron chi connectivity index (χ4n) is 2.59. The van der Waals surface area contributed by atoms with E-state index in [2.05, 4.69) is 26.8 Å². The molecule has 108 valence electrons. The van der Waals surface area contributed by atoms with Crippen LogP contribution in [0, 0.1) is 0 Å². The van der Waals surface area contributed by atoms with Crippen molar-refractivity contribution in [1.29, 1.82) is 0 Å². The molecule has 1 aliphatic heterocycles. The lowest BCUT2D eigenvalue weighted by Crippen LogP contribution is -2.27. The third-order valence-electron chi connectivity index (χ3n) is 4.18. The number of hydrogen-bond donors (Lipinski definition) is 0. The number of rotatable bonds is 5. The Morgan fingerprint density at radius 3 is 2.65 bits per heavy atom. The third kappa shape index (κ3) is 2.62. The van der Waals surface area contributed by atoms with Crippen molar-refractivity contribution in [3.05, 3.63) is 29.8 Å². The van der Waals surface area contributed by atoms with Gasteiger partial charge in [0.05, 0.1) is 11.8 Å². The summed E-state index contributed by atoms with van der Waals surface area (Å²) in [4.78, 5) is 17.6. The quantitative estimate of drug-likeness (QED) is 0.459. The summed E-state index contributed by atoms with van der Waals surface area (Å²) >= 11 is 0. The highest BCUT2D eigenvalue weighted by molar-refractivity contribution is 5.93. The predicted octanol–water partition coefficient (Wildman–Crippen LogP) is 4.12. The number of hydrogen-bond acceptors (Lipinski definition) is 2. The van der Waals surface area contributed by atoms with E-state index in [0.717, 1.165) is 30.7 Å². The van der Waals surface area contributed by atoms with Crippen molar-refractivity contribution >= 4 is 17.4 Å². The second-order valence-corrected chi connectivity index (χ2v) is 5.94. The number of para-hydroxylation sites is 1. The van der Waals surface area contributed by atoms with Gasteiger partial charge in [-0.05, 0) is 20.3 Å². The lowest BCUT2D eigenvalue weighted by molar-refractivity contribution is -0.698. The van der Waals surface area contributed by atoms with E-state index in [-0.39, 0.29) is 11.4 Å². The van der Waals surface area contributed by atoms with Gasteiger partial charge in [0.15, 0.2) is 0 Å². The molecule has 0 saturated heterocycles. The van der Waals surface area contributed by atoms with Gasteiger partial charge in [-0.25, -0.2) is 4.79 Å². The molecule has 0 N–H and O–H groups in total. The molecule has 3 heteroatoms. The molecular formula is C17H24NO2+. The van der Waals surface area contributed by atoms with Crippen LogP contribution in [-0.2, 0) is 15.0 Å². The minimum absolute atomic E-state index is 0.0969. The van der Waals surface area contributed by atoms with Crippen LogP contribution in [0.25, 0.3) is 0 Å². The Bertz CT molecular complexity index is 544.